The summed E-state index contributed by atoms with van der Waals surface area (Å²) in [6, 6.07) is 16.1. The van der Waals surface area contributed by atoms with Crippen LogP contribution in [0.25, 0.3) is 27.9 Å². The summed E-state index contributed by atoms with van der Waals surface area (Å²) in [7, 11) is -8.19. The van der Waals surface area contributed by atoms with E-state index in [0.29, 0.717) is 31.0 Å². The lowest BCUT2D eigenvalue weighted by Gasteiger charge is -2.21. The number of aromatic nitrogens is 1. The van der Waals surface area contributed by atoms with E-state index in [-0.39, 0.29) is 24.3 Å². The molecule has 0 radical (unpaired) electrons. The summed E-state index contributed by atoms with van der Waals surface area (Å²) in [6.45, 7) is 6.87. The number of thioether (sulfide) groups is 1. The Morgan fingerprint density at radius 3 is 2.40 bits per heavy atom. The van der Waals surface area contributed by atoms with E-state index < -0.39 is 20.2 Å². The third-order valence-corrected chi connectivity index (χ3v) is 10.3. The highest BCUT2D eigenvalue weighted by molar-refractivity contribution is 8.03. The molecule has 12 heteroatoms. The average molecular weight is 644 g/mol. The number of hydrogen-bond donors (Lipinski definition) is 2. The molecule has 0 bridgehead atoms. The summed E-state index contributed by atoms with van der Waals surface area (Å²) in [5.74, 6) is -0.132. The van der Waals surface area contributed by atoms with Gasteiger partial charge in [0.2, 0.25) is 5.58 Å². The largest absolute Gasteiger partial charge is 0.398 e. The van der Waals surface area contributed by atoms with Gasteiger partial charge in [-0.2, -0.15) is 21.4 Å². The summed E-state index contributed by atoms with van der Waals surface area (Å²) in [5.41, 5.74) is 5.77. The van der Waals surface area contributed by atoms with Gasteiger partial charge in [-0.3, -0.25) is 9.11 Å². The number of allylic oxidation sites excluding steroid dienone is 2. The molecule has 2 heterocycles. The first kappa shape index (κ1) is 31.3. The molecule has 1 aliphatic rings. The molecule has 0 amide bonds. The minimum atomic E-state index is -4.12. The molecule has 0 saturated heterocycles. The van der Waals surface area contributed by atoms with E-state index in [1.807, 2.05) is 60.9 Å². The first-order valence-electron chi connectivity index (χ1n) is 14.1. The summed E-state index contributed by atoms with van der Waals surface area (Å²) >= 11 is 1.61. The van der Waals surface area contributed by atoms with Gasteiger partial charge in [0.15, 0.2) is 6.54 Å². The topological polar surface area (TPSA) is 129 Å². The lowest BCUT2D eigenvalue weighted by molar-refractivity contribution is -0.677. The first-order chi connectivity index (χ1) is 20.3. The van der Waals surface area contributed by atoms with Gasteiger partial charge in [0.25, 0.3) is 25.8 Å². The minimum Gasteiger partial charge on any atom is -0.398 e. The molecule has 228 valence electrons. The van der Waals surface area contributed by atoms with Gasteiger partial charge in [-0.05, 0) is 79.1 Å². The van der Waals surface area contributed by atoms with Crippen LogP contribution in [0.5, 0.6) is 0 Å². The number of oxazole rings is 1. The van der Waals surface area contributed by atoms with E-state index in [1.54, 1.807) is 11.8 Å². The Bertz CT molecular complexity index is 1980. The zero-order valence-corrected chi connectivity index (χ0v) is 26.7. The Kier molecular flexibility index (Phi) is 9.05. The summed E-state index contributed by atoms with van der Waals surface area (Å²) in [6.07, 6.45) is 5.15. The average Bonchev–Trinajstić information content (AvgIpc) is 3.44. The minimum absolute atomic E-state index is 0.205. The molecule has 3 aromatic carbocycles. The van der Waals surface area contributed by atoms with Crippen LogP contribution in [-0.2, 0) is 26.8 Å². The van der Waals surface area contributed by atoms with Crippen LogP contribution in [0.2, 0.25) is 0 Å². The molecular weight excluding hydrogens is 609 g/mol. The van der Waals surface area contributed by atoms with Crippen LogP contribution in [0.1, 0.15) is 43.2 Å². The predicted octanol–water partition coefficient (Wildman–Crippen LogP) is 6.29. The number of aryl methyl sites for hydroxylation is 3. The van der Waals surface area contributed by atoms with Gasteiger partial charge in [0, 0.05) is 17.9 Å². The van der Waals surface area contributed by atoms with Crippen LogP contribution in [0, 0.1) is 13.8 Å². The Morgan fingerprint density at radius 1 is 0.977 bits per heavy atom. The van der Waals surface area contributed by atoms with E-state index in [0.717, 1.165) is 48.6 Å². The van der Waals surface area contributed by atoms with Crippen LogP contribution in [0.4, 0.5) is 5.69 Å². The van der Waals surface area contributed by atoms with E-state index in [4.69, 9.17) is 4.42 Å². The quantitative estimate of drug-likeness (QED) is 0.143. The van der Waals surface area contributed by atoms with Crippen LogP contribution < -0.4 is 9.47 Å². The molecule has 0 aliphatic carbocycles. The molecule has 9 nitrogen and oxygen atoms in total. The highest BCUT2D eigenvalue weighted by Gasteiger charge is 2.28. The van der Waals surface area contributed by atoms with E-state index in [9.17, 15) is 25.9 Å². The molecule has 1 aromatic heterocycles. The second-order valence-electron chi connectivity index (χ2n) is 10.7. The molecule has 0 spiro atoms. The molecular formula is C31H35N2O7S3+. The summed E-state index contributed by atoms with van der Waals surface area (Å²) in [4.78, 5) is 3.17. The van der Waals surface area contributed by atoms with Crippen molar-refractivity contribution < 1.29 is 34.9 Å². The Hall–Kier alpha value is -3.16. The van der Waals surface area contributed by atoms with Gasteiger partial charge < -0.3 is 9.32 Å². The Morgan fingerprint density at radius 2 is 1.67 bits per heavy atom. The fourth-order valence-corrected chi connectivity index (χ4v) is 7.50. The Labute approximate surface area is 256 Å². The van der Waals surface area contributed by atoms with E-state index >= 15 is 0 Å². The standard InChI is InChI=1S/C31H34N2O7S3/c1-4-23(20-30-32(13-7-15-42(34,35)36)26-17-21(2)22(3)18-28(26)41-30)19-29-33(14-8-16-43(37,38)39)31-25-10-6-5-9-24(25)11-12-27(31)40-29/h5-6,9-12,17-20H,4,7-8,13-16H2,1-3H3,(H-,34,35,36,37,38,39)/p+1. The van der Waals surface area contributed by atoms with Crippen molar-refractivity contribution in [1.29, 1.82) is 0 Å². The van der Waals surface area contributed by atoms with Crippen LogP contribution >= 0.6 is 11.8 Å². The van der Waals surface area contributed by atoms with Crippen molar-refractivity contribution >= 4 is 65.6 Å². The second kappa shape index (κ2) is 12.4. The van der Waals surface area contributed by atoms with Crippen molar-refractivity contribution in [1.82, 2.24) is 0 Å². The maximum Gasteiger partial charge on any atom is 0.374 e. The molecule has 0 fully saturated rings. The van der Waals surface area contributed by atoms with Crippen LogP contribution in [0.3, 0.4) is 0 Å². The normalized spacial score (nSPS) is 15.2. The van der Waals surface area contributed by atoms with E-state index in [1.165, 1.54) is 0 Å². The number of nitrogens with zero attached hydrogens (tertiary/aromatic N) is 2. The molecule has 43 heavy (non-hydrogen) atoms. The van der Waals surface area contributed by atoms with Crippen molar-refractivity contribution in [3.05, 3.63) is 82.2 Å². The monoisotopic (exact) mass is 643 g/mol. The first-order valence-corrected chi connectivity index (χ1v) is 18.1. The van der Waals surface area contributed by atoms with Crippen molar-refractivity contribution in [2.75, 3.05) is 23.0 Å². The van der Waals surface area contributed by atoms with Crippen molar-refractivity contribution in [3.8, 4) is 0 Å². The molecule has 2 N–H and O–H groups in total. The number of anilines is 1. The molecule has 1 aliphatic heterocycles. The third kappa shape index (κ3) is 7.32. The third-order valence-electron chi connectivity index (χ3n) is 7.55. The van der Waals surface area contributed by atoms with E-state index in [2.05, 4.69) is 30.0 Å². The molecule has 0 unspecified atom stereocenters. The number of rotatable bonds is 11. The maximum atomic E-state index is 11.5. The summed E-state index contributed by atoms with van der Waals surface area (Å²) < 4.78 is 72.8. The fourth-order valence-electron chi connectivity index (χ4n) is 5.27. The van der Waals surface area contributed by atoms with Crippen molar-refractivity contribution in [2.45, 2.75) is 51.5 Å². The SMILES string of the molecule is CCC(=Cc1oc2ccc3ccccc3c2[n+]1CCCS(=O)(=O)O)C=C1Sc2cc(C)c(C)cc2N1CCCS(=O)(=O)O. The smallest absolute Gasteiger partial charge is 0.374 e. The molecule has 0 saturated carbocycles. The zero-order valence-electron chi connectivity index (χ0n) is 24.3. The number of hydrogen-bond acceptors (Lipinski definition) is 7. The van der Waals surface area contributed by atoms with Gasteiger partial charge in [0.1, 0.15) is 0 Å². The number of fused-ring (bicyclic) bond motifs is 4. The predicted molar refractivity (Wildman–Crippen MR) is 171 cm³/mol. The second-order valence-corrected chi connectivity index (χ2v) is 14.9. The van der Waals surface area contributed by atoms with Gasteiger partial charge in [0.05, 0.1) is 33.7 Å². The molecule has 0 atom stereocenters. The van der Waals surface area contributed by atoms with Gasteiger partial charge in [-0.15, -0.1) is 0 Å². The molecule has 5 rings (SSSR count). The summed E-state index contributed by atoms with van der Waals surface area (Å²) in [5, 5.41) is 2.94. The molecule has 4 aromatic rings. The van der Waals surface area contributed by atoms with Gasteiger partial charge in [-0.25, -0.2) is 0 Å². The van der Waals surface area contributed by atoms with Gasteiger partial charge in [-0.1, -0.05) is 43.0 Å². The highest BCUT2D eigenvalue weighted by atomic mass is 32.2. The van der Waals surface area contributed by atoms with Crippen molar-refractivity contribution in [2.24, 2.45) is 0 Å². The lowest BCUT2D eigenvalue weighted by Crippen LogP contribution is -2.36. The van der Waals surface area contributed by atoms with Crippen LogP contribution in [-0.4, -0.2) is 44.0 Å². The number of benzene rings is 3. The zero-order chi connectivity index (χ0) is 30.9. The maximum absolute atomic E-state index is 11.5. The lowest BCUT2D eigenvalue weighted by atomic mass is 10.1. The van der Waals surface area contributed by atoms with Gasteiger partial charge >= 0.3 is 5.89 Å². The highest BCUT2D eigenvalue weighted by Crippen LogP contribution is 2.47. The van der Waals surface area contributed by atoms with Crippen LogP contribution in [0.15, 0.2) is 74.5 Å². The Balaban J connectivity index is 1.58. The fraction of sp³-hybridized carbons (Fsp3) is 0.323. The van der Waals surface area contributed by atoms with Crippen molar-refractivity contribution in [3.63, 3.8) is 0 Å².